The zero-order valence-corrected chi connectivity index (χ0v) is 21.2. The SMILES string of the molecule is O=C(NC(CS(=O)(=O)c1ccc(Sc2ccccc2)cc1)C(=O)NO)c1ccccc1-c1ccccc1. The molecular formula is C28H24N2O5S2. The predicted octanol–water partition coefficient (Wildman–Crippen LogP) is 4.58. The zero-order chi connectivity index (χ0) is 26.3. The summed E-state index contributed by atoms with van der Waals surface area (Å²) in [6, 6.07) is 30.4. The van der Waals surface area contributed by atoms with E-state index in [1.165, 1.54) is 29.4 Å². The lowest BCUT2D eigenvalue weighted by Crippen LogP contribution is -2.49. The van der Waals surface area contributed by atoms with E-state index < -0.39 is 33.4 Å². The maximum absolute atomic E-state index is 13.1. The first-order chi connectivity index (χ1) is 17.9. The minimum atomic E-state index is -3.99. The van der Waals surface area contributed by atoms with Crippen molar-refractivity contribution >= 4 is 33.4 Å². The van der Waals surface area contributed by atoms with E-state index in [1.54, 1.807) is 36.4 Å². The lowest BCUT2D eigenvalue weighted by atomic mass is 9.99. The number of rotatable bonds is 9. The summed E-state index contributed by atoms with van der Waals surface area (Å²) in [5.74, 6) is -2.41. The van der Waals surface area contributed by atoms with Gasteiger partial charge in [-0.05, 0) is 53.6 Å². The maximum atomic E-state index is 13.1. The van der Waals surface area contributed by atoms with Crippen LogP contribution in [0.1, 0.15) is 10.4 Å². The second kappa shape index (κ2) is 11.9. The van der Waals surface area contributed by atoms with Crippen molar-refractivity contribution in [2.75, 3.05) is 5.75 Å². The molecule has 0 aliphatic heterocycles. The lowest BCUT2D eigenvalue weighted by Gasteiger charge is -2.18. The number of hydrogen-bond acceptors (Lipinski definition) is 6. The van der Waals surface area contributed by atoms with Crippen LogP contribution in [0.5, 0.6) is 0 Å². The van der Waals surface area contributed by atoms with Gasteiger partial charge in [0.25, 0.3) is 11.8 Å². The number of benzene rings is 4. The molecule has 2 amide bonds. The molecular weight excluding hydrogens is 508 g/mol. The highest BCUT2D eigenvalue weighted by Gasteiger charge is 2.29. The standard InChI is InChI=1S/C28H24N2O5S2/c31-27(25-14-8-7-13-24(25)20-9-3-1-4-10-20)29-26(28(32)30-33)19-37(34,35)23-17-15-22(16-18-23)36-21-11-5-2-6-12-21/h1-18,26,33H,19H2,(H,29,31)(H,30,32). The fourth-order valence-corrected chi connectivity index (χ4v) is 5.96. The van der Waals surface area contributed by atoms with Gasteiger partial charge in [0, 0.05) is 15.4 Å². The van der Waals surface area contributed by atoms with Gasteiger partial charge in [-0.1, -0.05) is 78.5 Å². The molecule has 4 aromatic rings. The van der Waals surface area contributed by atoms with Gasteiger partial charge < -0.3 is 5.32 Å². The molecule has 0 saturated heterocycles. The number of amides is 2. The summed E-state index contributed by atoms with van der Waals surface area (Å²) in [5.41, 5.74) is 3.14. The first kappa shape index (κ1) is 26.2. The van der Waals surface area contributed by atoms with E-state index in [0.717, 1.165) is 15.4 Å². The molecule has 0 radical (unpaired) electrons. The molecule has 9 heteroatoms. The molecule has 37 heavy (non-hydrogen) atoms. The van der Waals surface area contributed by atoms with Crippen molar-refractivity contribution in [1.29, 1.82) is 0 Å². The van der Waals surface area contributed by atoms with Gasteiger partial charge in [0.2, 0.25) is 0 Å². The van der Waals surface area contributed by atoms with Crippen molar-refractivity contribution in [3.8, 4) is 11.1 Å². The van der Waals surface area contributed by atoms with E-state index in [4.69, 9.17) is 0 Å². The average Bonchev–Trinajstić information content (AvgIpc) is 2.93. The third-order valence-electron chi connectivity index (χ3n) is 5.54. The molecule has 7 nitrogen and oxygen atoms in total. The third-order valence-corrected chi connectivity index (χ3v) is 8.31. The van der Waals surface area contributed by atoms with Gasteiger partial charge in [-0.2, -0.15) is 0 Å². The molecule has 0 aromatic heterocycles. The molecule has 0 aliphatic rings. The predicted molar refractivity (Wildman–Crippen MR) is 142 cm³/mol. The Morgan fingerprint density at radius 3 is 1.97 bits per heavy atom. The van der Waals surface area contributed by atoms with Crippen LogP contribution >= 0.6 is 11.8 Å². The topological polar surface area (TPSA) is 113 Å². The number of hydroxylamine groups is 1. The molecule has 0 spiro atoms. The molecule has 4 aromatic carbocycles. The fraction of sp³-hybridized carbons (Fsp3) is 0.0714. The number of nitrogens with one attached hydrogen (secondary N) is 2. The quantitative estimate of drug-likeness (QED) is 0.215. The van der Waals surface area contributed by atoms with Gasteiger partial charge in [0.05, 0.1) is 10.6 Å². The van der Waals surface area contributed by atoms with Crippen LogP contribution in [0.3, 0.4) is 0 Å². The fourth-order valence-electron chi connectivity index (χ4n) is 3.70. The summed E-state index contributed by atoms with van der Waals surface area (Å²) in [7, 11) is -3.99. The smallest absolute Gasteiger partial charge is 0.266 e. The Bertz CT molecular complexity index is 1480. The highest BCUT2D eigenvalue weighted by Crippen LogP contribution is 2.28. The molecule has 1 unspecified atom stereocenters. The highest BCUT2D eigenvalue weighted by atomic mass is 32.2. The van der Waals surface area contributed by atoms with Crippen LogP contribution in [0.15, 0.2) is 124 Å². The summed E-state index contributed by atoms with van der Waals surface area (Å²) in [5, 5.41) is 11.7. The van der Waals surface area contributed by atoms with Crippen LogP contribution in [0.2, 0.25) is 0 Å². The van der Waals surface area contributed by atoms with Crippen LogP contribution < -0.4 is 10.8 Å². The normalized spacial score (nSPS) is 11.9. The van der Waals surface area contributed by atoms with E-state index in [0.29, 0.717) is 5.56 Å². The molecule has 0 heterocycles. The second-order valence-corrected chi connectivity index (χ2v) is 11.3. The van der Waals surface area contributed by atoms with Crippen LogP contribution in [0.25, 0.3) is 11.1 Å². The van der Waals surface area contributed by atoms with Crippen LogP contribution in [-0.4, -0.2) is 37.2 Å². The Morgan fingerprint density at radius 2 is 1.32 bits per heavy atom. The summed E-state index contributed by atoms with van der Waals surface area (Å²) in [6.45, 7) is 0. The largest absolute Gasteiger partial charge is 0.339 e. The zero-order valence-electron chi connectivity index (χ0n) is 19.6. The molecule has 188 valence electrons. The summed E-state index contributed by atoms with van der Waals surface area (Å²) in [4.78, 5) is 27.4. The third kappa shape index (κ3) is 6.65. The Kier molecular flexibility index (Phi) is 8.39. The number of sulfone groups is 1. The molecule has 1 atom stereocenters. The summed E-state index contributed by atoms with van der Waals surface area (Å²) < 4.78 is 26.2. The molecule has 0 fully saturated rings. The minimum Gasteiger partial charge on any atom is -0.339 e. The van der Waals surface area contributed by atoms with E-state index in [-0.39, 0.29) is 10.5 Å². The molecule has 0 bridgehead atoms. The Labute approximate surface area is 219 Å². The Hall–Kier alpha value is -3.92. The Morgan fingerprint density at radius 1 is 0.757 bits per heavy atom. The van der Waals surface area contributed by atoms with Crippen LogP contribution in [0, 0.1) is 0 Å². The van der Waals surface area contributed by atoms with Crippen molar-refractivity contribution in [2.24, 2.45) is 0 Å². The van der Waals surface area contributed by atoms with Crippen molar-refractivity contribution < 1.29 is 23.2 Å². The van der Waals surface area contributed by atoms with E-state index in [1.807, 2.05) is 60.7 Å². The van der Waals surface area contributed by atoms with Gasteiger partial charge in [-0.15, -0.1) is 0 Å². The van der Waals surface area contributed by atoms with E-state index >= 15 is 0 Å². The van der Waals surface area contributed by atoms with Gasteiger partial charge >= 0.3 is 0 Å². The minimum absolute atomic E-state index is 0.000383. The summed E-state index contributed by atoms with van der Waals surface area (Å²) in [6.07, 6.45) is 0. The number of carbonyl (C=O) groups excluding carboxylic acids is 2. The lowest BCUT2D eigenvalue weighted by molar-refractivity contribution is -0.130. The van der Waals surface area contributed by atoms with Gasteiger partial charge in [-0.3, -0.25) is 14.8 Å². The first-order valence-electron chi connectivity index (χ1n) is 11.3. The van der Waals surface area contributed by atoms with Gasteiger partial charge in [0.15, 0.2) is 9.84 Å². The van der Waals surface area contributed by atoms with Crippen molar-refractivity contribution in [2.45, 2.75) is 20.7 Å². The Balaban J connectivity index is 1.53. The van der Waals surface area contributed by atoms with Crippen molar-refractivity contribution in [3.05, 3.63) is 115 Å². The number of carbonyl (C=O) groups is 2. The van der Waals surface area contributed by atoms with Crippen molar-refractivity contribution in [1.82, 2.24) is 10.8 Å². The molecule has 4 rings (SSSR count). The summed E-state index contributed by atoms with van der Waals surface area (Å²) >= 11 is 1.49. The second-order valence-electron chi connectivity index (χ2n) is 8.08. The first-order valence-corrected chi connectivity index (χ1v) is 13.8. The van der Waals surface area contributed by atoms with E-state index in [2.05, 4.69) is 5.32 Å². The molecule has 3 N–H and O–H groups in total. The van der Waals surface area contributed by atoms with Crippen molar-refractivity contribution in [3.63, 3.8) is 0 Å². The number of hydrogen-bond donors (Lipinski definition) is 3. The molecule has 0 aliphatic carbocycles. The van der Waals surface area contributed by atoms with Crippen LogP contribution in [0.4, 0.5) is 0 Å². The van der Waals surface area contributed by atoms with Gasteiger partial charge in [-0.25, -0.2) is 13.9 Å². The van der Waals surface area contributed by atoms with E-state index in [9.17, 15) is 23.2 Å². The van der Waals surface area contributed by atoms with Gasteiger partial charge in [0.1, 0.15) is 6.04 Å². The molecule has 0 saturated carbocycles. The maximum Gasteiger partial charge on any atom is 0.266 e. The monoisotopic (exact) mass is 532 g/mol. The average molecular weight is 533 g/mol. The van der Waals surface area contributed by atoms with Crippen LogP contribution in [-0.2, 0) is 14.6 Å². The highest BCUT2D eigenvalue weighted by molar-refractivity contribution is 7.99.